The van der Waals surface area contributed by atoms with Gasteiger partial charge in [-0.25, -0.2) is 8.42 Å². The summed E-state index contributed by atoms with van der Waals surface area (Å²) in [4.78, 5) is 25.7. The van der Waals surface area contributed by atoms with Crippen LogP contribution in [0.5, 0.6) is 0 Å². The van der Waals surface area contributed by atoms with E-state index in [0.29, 0.717) is 42.9 Å². The van der Waals surface area contributed by atoms with E-state index in [0.717, 1.165) is 0 Å². The summed E-state index contributed by atoms with van der Waals surface area (Å²) in [7, 11) is -2.12. The number of nitrogens with zero attached hydrogens (tertiary/aromatic N) is 2. The van der Waals surface area contributed by atoms with Crippen molar-refractivity contribution in [1.29, 1.82) is 0 Å². The molecule has 0 spiro atoms. The van der Waals surface area contributed by atoms with Gasteiger partial charge in [-0.05, 0) is 64.2 Å². The van der Waals surface area contributed by atoms with Gasteiger partial charge in [-0.2, -0.15) is 4.72 Å². The molecule has 1 N–H and O–H groups in total. The van der Waals surface area contributed by atoms with Crippen LogP contribution in [0.25, 0.3) is 0 Å². The maximum Gasteiger partial charge on any atom is 0.325 e. The topological polar surface area (TPSA) is 105 Å². The standard InChI is InChI=1S/C16H22ClN3O5S2/c1-3-25-15(21)14(16(26-19-22)8-10-20(2)11-9-16)18-27(23,24)13-6-4-12(17)5-7-13/h4-7,14,18H,3,8-11H2,1-2H3. The van der Waals surface area contributed by atoms with Crippen molar-refractivity contribution in [3.8, 4) is 0 Å². The maximum absolute atomic E-state index is 12.8. The van der Waals surface area contributed by atoms with Gasteiger partial charge in [-0.15, -0.1) is 4.91 Å². The summed E-state index contributed by atoms with van der Waals surface area (Å²) in [6, 6.07) is 4.35. The number of carbonyl (C=O) groups is 1. The summed E-state index contributed by atoms with van der Waals surface area (Å²) in [6.45, 7) is 2.92. The van der Waals surface area contributed by atoms with Gasteiger partial charge < -0.3 is 9.64 Å². The van der Waals surface area contributed by atoms with Crippen LogP contribution in [0.1, 0.15) is 19.8 Å². The van der Waals surface area contributed by atoms with Crippen LogP contribution in [0, 0.1) is 4.91 Å². The van der Waals surface area contributed by atoms with Gasteiger partial charge >= 0.3 is 5.97 Å². The first-order valence-electron chi connectivity index (χ1n) is 8.38. The molecule has 0 radical (unpaired) electrons. The normalized spacial score (nSPS) is 18.6. The van der Waals surface area contributed by atoms with Crippen LogP contribution >= 0.6 is 23.5 Å². The second-order valence-electron chi connectivity index (χ2n) is 6.29. The number of hydrogen-bond donors (Lipinski definition) is 1. The Hall–Kier alpha value is -1.20. The Kier molecular flexibility index (Phi) is 7.64. The van der Waals surface area contributed by atoms with Crippen molar-refractivity contribution in [2.24, 2.45) is 4.58 Å². The Morgan fingerprint density at radius 2 is 1.96 bits per heavy atom. The second-order valence-corrected chi connectivity index (χ2v) is 9.59. The maximum atomic E-state index is 12.8. The predicted octanol–water partition coefficient (Wildman–Crippen LogP) is 2.43. The van der Waals surface area contributed by atoms with E-state index in [4.69, 9.17) is 16.3 Å². The van der Waals surface area contributed by atoms with E-state index in [9.17, 15) is 18.1 Å². The van der Waals surface area contributed by atoms with Crippen LogP contribution in [0.3, 0.4) is 0 Å². The molecule has 11 heteroatoms. The van der Waals surface area contributed by atoms with Crippen molar-refractivity contribution in [3.63, 3.8) is 0 Å². The van der Waals surface area contributed by atoms with Crippen molar-refractivity contribution >= 4 is 39.5 Å². The molecule has 0 aliphatic carbocycles. The van der Waals surface area contributed by atoms with Gasteiger partial charge in [-0.3, -0.25) is 4.79 Å². The Morgan fingerprint density at radius 1 is 1.37 bits per heavy atom. The third kappa shape index (κ3) is 5.41. The molecule has 1 aromatic carbocycles. The number of benzene rings is 1. The van der Waals surface area contributed by atoms with E-state index in [2.05, 4.69) is 9.30 Å². The molecule has 0 saturated carbocycles. The summed E-state index contributed by atoms with van der Waals surface area (Å²) in [5.74, 6) is -0.726. The molecule has 1 fully saturated rings. The zero-order valence-corrected chi connectivity index (χ0v) is 17.4. The highest BCUT2D eigenvalue weighted by Gasteiger charge is 2.49. The summed E-state index contributed by atoms with van der Waals surface area (Å²) >= 11 is 6.51. The molecule has 1 unspecified atom stereocenters. The highest BCUT2D eigenvalue weighted by Crippen LogP contribution is 2.40. The lowest BCUT2D eigenvalue weighted by Gasteiger charge is -2.41. The third-order valence-electron chi connectivity index (χ3n) is 4.50. The summed E-state index contributed by atoms with van der Waals surface area (Å²) < 4.78 is 35.1. The molecule has 0 bridgehead atoms. The summed E-state index contributed by atoms with van der Waals surface area (Å²) in [6.07, 6.45) is 0.819. The molecule has 1 aliphatic rings. The highest BCUT2D eigenvalue weighted by atomic mass is 35.5. The number of hydrogen-bond acceptors (Lipinski definition) is 8. The second kappa shape index (κ2) is 9.33. The number of ether oxygens (including phenoxy) is 1. The zero-order chi connectivity index (χ0) is 20.1. The zero-order valence-electron chi connectivity index (χ0n) is 15.1. The first-order chi connectivity index (χ1) is 12.7. The highest BCUT2D eigenvalue weighted by molar-refractivity contribution is 7.99. The fourth-order valence-electron chi connectivity index (χ4n) is 2.94. The average Bonchev–Trinajstić information content (AvgIpc) is 2.63. The third-order valence-corrected chi connectivity index (χ3v) is 7.27. The van der Waals surface area contributed by atoms with E-state index in [-0.39, 0.29) is 11.5 Å². The van der Waals surface area contributed by atoms with Crippen LogP contribution in [-0.2, 0) is 19.6 Å². The monoisotopic (exact) mass is 435 g/mol. The number of esters is 1. The van der Waals surface area contributed by atoms with Crippen molar-refractivity contribution in [2.75, 3.05) is 26.7 Å². The van der Waals surface area contributed by atoms with Crippen LogP contribution in [-0.4, -0.2) is 56.8 Å². The number of nitrogens with one attached hydrogen (secondary N) is 1. The quantitative estimate of drug-likeness (QED) is 0.379. The number of sulfonamides is 1. The molecule has 1 atom stereocenters. The Bertz CT molecular complexity index is 765. The minimum absolute atomic E-state index is 0.0339. The van der Waals surface area contributed by atoms with Crippen LogP contribution < -0.4 is 4.72 Å². The molecule has 27 heavy (non-hydrogen) atoms. The van der Waals surface area contributed by atoms with Crippen molar-refractivity contribution < 1.29 is 17.9 Å². The molecular formula is C16H22ClN3O5S2. The predicted molar refractivity (Wildman–Crippen MR) is 105 cm³/mol. The Labute approximate surface area is 168 Å². The molecule has 0 aromatic heterocycles. The molecular weight excluding hydrogens is 414 g/mol. The fraction of sp³-hybridized carbons (Fsp3) is 0.562. The first kappa shape index (κ1) is 22.1. The van der Waals surface area contributed by atoms with E-state index < -0.39 is 26.8 Å². The number of halogens is 1. The van der Waals surface area contributed by atoms with Crippen molar-refractivity contribution in [2.45, 2.75) is 35.4 Å². The lowest BCUT2D eigenvalue weighted by Crippen LogP contribution is -2.59. The van der Waals surface area contributed by atoms with Crippen LogP contribution in [0.15, 0.2) is 33.7 Å². The first-order valence-corrected chi connectivity index (χ1v) is 11.0. The molecule has 8 nitrogen and oxygen atoms in total. The largest absolute Gasteiger partial charge is 0.465 e. The molecule has 1 heterocycles. The van der Waals surface area contributed by atoms with Gasteiger partial charge in [0.2, 0.25) is 10.0 Å². The van der Waals surface area contributed by atoms with Gasteiger partial charge in [0.1, 0.15) is 6.04 Å². The molecule has 150 valence electrons. The molecule has 1 aliphatic heterocycles. The Morgan fingerprint density at radius 3 is 2.48 bits per heavy atom. The SMILES string of the molecule is CCOC(=O)C(NS(=O)(=O)c1ccc(Cl)cc1)C1(SN=O)CCN(C)CC1. The number of likely N-dealkylation sites (tertiary alicyclic amines) is 1. The van der Waals surface area contributed by atoms with Crippen LogP contribution in [0.2, 0.25) is 5.02 Å². The minimum Gasteiger partial charge on any atom is -0.465 e. The van der Waals surface area contributed by atoms with Crippen molar-refractivity contribution in [3.05, 3.63) is 34.2 Å². The number of piperidine rings is 1. The number of carbonyl (C=O) groups excluding carboxylic acids is 1. The van der Waals surface area contributed by atoms with Crippen molar-refractivity contribution in [1.82, 2.24) is 9.62 Å². The van der Waals surface area contributed by atoms with Gasteiger partial charge in [0, 0.05) is 21.6 Å². The fourth-order valence-corrected chi connectivity index (χ4v) is 5.17. The minimum atomic E-state index is -4.04. The van der Waals surface area contributed by atoms with E-state index in [1.807, 2.05) is 11.9 Å². The van der Waals surface area contributed by atoms with Gasteiger partial charge in [-0.1, -0.05) is 11.6 Å². The average molecular weight is 436 g/mol. The molecule has 0 amide bonds. The smallest absolute Gasteiger partial charge is 0.325 e. The molecule has 2 rings (SSSR count). The lowest BCUT2D eigenvalue weighted by atomic mass is 9.88. The van der Waals surface area contributed by atoms with Gasteiger partial charge in [0.25, 0.3) is 0 Å². The van der Waals surface area contributed by atoms with E-state index in [1.165, 1.54) is 24.3 Å². The van der Waals surface area contributed by atoms with E-state index >= 15 is 0 Å². The number of rotatable bonds is 8. The number of nitroso groups, excluding NO2 is 1. The summed E-state index contributed by atoms with van der Waals surface area (Å²) in [5, 5.41) is 0.392. The molecule has 1 saturated heterocycles. The lowest BCUT2D eigenvalue weighted by molar-refractivity contribution is -0.146. The van der Waals surface area contributed by atoms with E-state index in [1.54, 1.807) is 6.92 Å². The molecule has 1 aromatic rings. The Balaban J connectivity index is 2.39. The van der Waals surface area contributed by atoms with Crippen LogP contribution in [0.4, 0.5) is 0 Å². The summed E-state index contributed by atoms with van der Waals surface area (Å²) in [5.41, 5.74) is 0. The van der Waals surface area contributed by atoms with Gasteiger partial charge in [0.15, 0.2) is 0 Å². The van der Waals surface area contributed by atoms with Gasteiger partial charge in [0.05, 0.1) is 16.2 Å².